The van der Waals surface area contributed by atoms with Crippen LogP contribution in [0.2, 0.25) is 0 Å². The monoisotopic (exact) mass is 563 g/mol. The van der Waals surface area contributed by atoms with Crippen LogP contribution in [0, 0.1) is 31.6 Å². The Morgan fingerprint density at radius 3 is 2.52 bits per heavy atom. The summed E-state index contributed by atoms with van der Waals surface area (Å²) in [7, 11) is 0. The molecule has 2 aromatic carbocycles. The molecule has 3 heterocycles. The second-order valence-corrected chi connectivity index (χ2v) is 12.7. The molecule has 3 aromatic rings. The molecule has 2 aliphatic heterocycles. The first-order valence-electron chi connectivity index (χ1n) is 14.5. The molecule has 1 N–H and O–H groups in total. The van der Waals surface area contributed by atoms with Crippen molar-refractivity contribution in [2.45, 2.75) is 58.9 Å². The van der Waals surface area contributed by atoms with Crippen LogP contribution in [0.5, 0.6) is 5.75 Å². The number of alkyl halides is 1. The fourth-order valence-electron chi connectivity index (χ4n) is 6.78. The van der Waals surface area contributed by atoms with Crippen molar-refractivity contribution in [3.05, 3.63) is 64.0 Å². The van der Waals surface area contributed by atoms with Gasteiger partial charge in [0.05, 0.1) is 11.6 Å². The topological polar surface area (TPSA) is 65.9 Å². The van der Waals surface area contributed by atoms with E-state index in [0.717, 1.165) is 78.8 Å². The number of piperidine rings is 2. The van der Waals surface area contributed by atoms with Crippen LogP contribution in [-0.4, -0.2) is 53.3 Å². The van der Waals surface area contributed by atoms with E-state index in [9.17, 15) is 14.3 Å². The molecule has 1 aromatic heterocycles. The van der Waals surface area contributed by atoms with Crippen LogP contribution in [0.3, 0.4) is 0 Å². The molecule has 0 amide bonds. The standard InChI is InChI=1S/C32H38FN3O3S/c1-20-3-8-29(39-18-25-5-4-22(14-21(25)2)15-35-11-9-26(33)10-12-35)27(13-20)28-19-40-32(34-28)36-16-23-6-7-24(17-36)30(23)31(37)38/h3-5,8,13-14,19,23-24,26,30H,6-7,9-12,15-18H2,1-2H3,(H,37,38). The van der Waals surface area contributed by atoms with Crippen molar-refractivity contribution in [2.24, 2.45) is 17.8 Å². The number of carboxylic acids is 1. The van der Waals surface area contributed by atoms with Gasteiger partial charge in [-0.1, -0.05) is 29.8 Å². The van der Waals surface area contributed by atoms with E-state index in [0.29, 0.717) is 19.4 Å². The predicted octanol–water partition coefficient (Wildman–Crippen LogP) is 6.49. The zero-order valence-corrected chi connectivity index (χ0v) is 24.1. The van der Waals surface area contributed by atoms with Gasteiger partial charge in [-0.05, 0) is 80.2 Å². The van der Waals surface area contributed by atoms with Crippen molar-refractivity contribution in [3.8, 4) is 17.0 Å². The summed E-state index contributed by atoms with van der Waals surface area (Å²) in [6.45, 7) is 8.70. The average molecular weight is 564 g/mol. The third kappa shape index (κ3) is 5.75. The summed E-state index contributed by atoms with van der Waals surface area (Å²) in [6.07, 6.45) is 2.60. The highest BCUT2D eigenvalue weighted by atomic mass is 32.1. The number of carbonyl (C=O) groups is 1. The Morgan fingerprint density at radius 1 is 1.07 bits per heavy atom. The summed E-state index contributed by atoms with van der Waals surface area (Å²) in [6, 6.07) is 12.8. The van der Waals surface area contributed by atoms with Crippen molar-refractivity contribution in [1.82, 2.24) is 9.88 Å². The molecule has 3 aliphatic rings. The third-order valence-electron chi connectivity index (χ3n) is 9.01. The molecule has 2 atom stereocenters. The zero-order chi connectivity index (χ0) is 27.8. The fraction of sp³-hybridized carbons (Fsp3) is 0.500. The lowest BCUT2D eigenvalue weighted by atomic mass is 9.85. The van der Waals surface area contributed by atoms with Gasteiger partial charge in [0.25, 0.3) is 0 Å². The summed E-state index contributed by atoms with van der Waals surface area (Å²) >= 11 is 1.63. The highest BCUT2D eigenvalue weighted by Gasteiger charge is 2.46. The van der Waals surface area contributed by atoms with Crippen molar-refractivity contribution in [2.75, 3.05) is 31.1 Å². The van der Waals surface area contributed by atoms with Crippen LogP contribution in [0.4, 0.5) is 9.52 Å². The summed E-state index contributed by atoms with van der Waals surface area (Å²) < 4.78 is 19.9. The number of aryl methyl sites for hydroxylation is 2. The molecule has 8 heteroatoms. The Bertz CT molecular complexity index is 1360. The molecule has 212 valence electrons. The number of fused-ring (bicyclic) bond motifs is 2. The van der Waals surface area contributed by atoms with Crippen LogP contribution >= 0.6 is 11.3 Å². The van der Waals surface area contributed by atoms with E-state index >= 15 is 0 Å². The van der Waals surface area contributed by atoms with Gasteiger partial charge in [-0.2, -0.15) is 0 Å². The number of aromatic nitrogens is 1. The second-order valence-electron chi connectivity index (χ2n) is 11.9. The minimum atomic E-state index is -0.647. The number of hydrogen-bond donors (Lipinski definition) is 1. The number of likely N-dealkylation sites (tertiary alicyclic amines) is 1. The van der Waals surface area contributed by atoms with Gasteiger partial charge >= 0.3 is 5.97 Å². The number of nitrogens with zero attached hydrogens (tertiary/aromatic N) is 3. The van der Waals surface area contributed by atoms with Gasteiger partial charge in [-0.15, -0.1) is 11.3 Å². The van der Waals surface area contributed by atoms with E-state index < -0.39 is 12.1 Å². The first-order valence-corrected chi connectivity index (χ1v) is 15.3. The van der Waals surface area contributed by atoms with Crippen molar-refractivity contribution >= 4 is 22.4 Å². The Balaban J connectivity index is 1.13. The lowest BCUT2D eigenvalue weighted by Gasteiger charge is -2.35. The molecular weight excluding hydrogens is 525 g/mol. The smallest absolute Gasteiger partial charge is 0.307 e. The van der Waals surface area contributed by atoms with Crippen LogP contribution in [0.15, 0.2) is 41.8 Å². The van der Waals surface area contributed by atoms with Crippen LogP contribution < -0.4 is 9.64 Å². The normalized spacial score (nSPS) is 23.5. The van der Waals surface area contributed by atoms with E-state index in [-0.39, 0.29) is 17.8 Å². The number of carboxylic acid groups (broad SMARTS) is 1. The molecule has 2 bridgehead atoms. The highest BCUT2D eigenvalue weighted by Crippen LogP contribution is 2.44. The van der Waals surface area contributed by atoms with E-state index in [1.54, 1.807) is 11.3 Å². The van der Waals surface area contributed by atoms with Crippen LogP contribution in [0.25, 0.3) is 11.3 Å². The summed E-state index contributed by atoms with van der Waals surface area (Å²) in [5.41, 5.74) is 6.63. The quantitative estimate of drug-likeness (QED) is 0.338. The van der Waals surface area contributed by atoms with Gasteiger partial charge in [-0.25, -0.2) is 9.37 Å². The van der Waals surface area contributed by atoms with Gasteiger partial charge in [0, 0.05) is 43.7 Å². The highest BCUT2D eigenvalue weighted by molar-refractivity contribution is 7.14. The summed E-state index contributed by atoms with van der Waals surface area (Å²) in [5.74, 6) is 0.372. The van der Waals surface area contributed by atoms with E-state index in [1.807, 2.05) is 6.07 Å². The predicted molar refractivity (Wildman–Crippen MR) is 157 cm³/mol. The summed E-state index contributed by atoms with van der Waals surface area (Å²) in [5, 5.41) is 12.7. The number of benzene rings is 2. The number of anilines is 1. The molecule has 6 rings (SSSR count). The SMILES string of the molecule is Cc1ccc(OCc2ccc(CN3CCC(F)CC3)cc2C)c(-c2csc(N3CC4CCC(C3)C4C(=O)O)n2)c1. The van der Waals surface area contributed by atoms with Gasteiger partial charge in [0.15, 0.2) is 5.13 Å². The van der Waals surface area contributed by atoms with Gasteiger partial charge in [0.2, 0.25) is 0 Å². The Morgan fingerprint density at radius 2 is 1.82 bits per heavy atom. The number of ether oxygens (including phenoxy) is 1. The van der Waals surface area contributed by atoms with Gasteiger partial charge < -0.3 is 14.7 Å². The fourth-order valence-corrected chi connectivity index (χ4v) is 7.62. The van der Waals surface area contributed by atoms with Crippen LogP contribution in [0.1, 0.15) is 47.9 Å². The molecule has 40 heavy (non-hydrogen) atoms. The van der Waals surface area contributed by atoms with Crippen molar-refractivity contribution in [1.29, 1.82) is 0 Å². The number of rotatable bonds is 8. The second kappa shape index (κ2) is 11.5. The first-order chi connectivity index (χ1) is 19.3. The van der Waals surface area contributed by atoms with E-state index in [2.05, 4.69) is 59.4 Å². The summed E-state index contributed by atoms with van der Waals surface area (Å²) in [4.78, 5) is 21.4. The molecular formula is C32H38FN3O3S. The molecule has 3 fully saturated rings. The Hall–Kier alpha value is -2.97. The van der Waals surface area contributed by atoms with Gasteiger partial charge in [0.1, 0.15) is 18.5 Å². The molecule has 2 saturated heterocycles. The lowest BCUT2D eigenvalue weighted by molar-refractivity contribution is -0.144. The lowest BCUT2D eigenvalue weighted by Crippen LogP contribution is -2.44. The molecule has 0 radical (unpaired) electrons. The first kappa shape index (κ1) is 27.2. The molecule has 1 aliphatic carbocycles. The third-order valence-corrected chi connectivity index (χ3v) is 9.91. The molecule has 1 saturated carbocycles. The maximum Gasteiger partial charge on any atom is 0.307 e. The number of halogens is 1. The molecule has 0 spiro atoms. The van der Waals surface area contributed by atoms with Crippen molar-refractivity contribution < 1.29 is 19.0 Å². The number of thiazole rings is 1. The number of hydrogen-bond acceptors (Lipinski definition) is 6. The van der Waals surface area contributed by atoms with Crippen LogP contribution in [-0.2, 0) is 17.9 Å². The Kier molecular flexibility index (Phi) is 7.82. The molecule has 6 nitrogen and oxygen atoms in total. The van der Waals surface area contributed by atoms with E-state index in [4.69, 9.17) is 9.72 Å². The average Bonchev–Trinajstić information content (AvgIpc) is 3.53. The molecule has 2 unspecified atom stereocenters. The maximum atomic E-state index is 13.5. The number of aliphatic carboxylic acids is 1. The largest absolute Gasteiger partial charge is 0.488 e. The Labute approximate surface area is 239 Å². The minimum Gasteiger partial charge on any atom is -0.488 e. The minimum absolute atomic E-state index is 0.207. The van der Waals surface area contributed by atoms with E-state index in [1.165, 1.54) is 11.1 Å². The van der Waals surface area contributed by atoms with Crippen molar-refractivity contribution in [3.63, 3.8) is 0 Å². The zero-order valence-electron chi connectivity index (χ0n) is 23.3. The maximum absolute atomic E-state index is 13.5. The van der Waals surface area contributed by atoms with Gasteiger partial charge in [-0.3, -0.25) is 9.69 Å².